The van der Waals surface area contributed by atoms with Crippen molar-refractivity contribution in [3.05, 3.63) is 48.3 Å². The molecular weight excluding hydrogens is 292 g/mol. The molecule has 0 bridgehead atoms. The van der Waals surface area contributed by atoms with Crippen molar-refractivity contribution in [2.24, 2.45) is 13.0 Å². The molecular formula is C17H22N4O2. The van der Waals surface area contributed by atoms with Gasteiger partial charge in [0.05, 0.1) is 0 Å². The highest BCUT2D eigenvalue weighted by atomic mass is 16.3. The standard InChI is InChI=1S/C17H22N4O2/c1-20-10-7-19-15(20)11-13-4-8-21(9-5-13)17(23)16(22)14-3-2-6-18-12-14/h2-3,6-7,10,12-13,16,22H,4-5,8-9,11H2,1H3. The Balaban J connectivity index is 1.54. The van der Waals surface area contributed by atoms with Crippen molar-refractivity contribution in [3.63, 3.8) is 0 Å². The van der Waals surface area contributed by atoms with Crippen molar-refractivity contribution in [1.82, 2.24) is 19.4 Å². The molecule has 0 saturated carbocycles. The van der Waals surface area contributed by atoms with Gasteiger partial charge in [-0.3, -0.25) is 9.78 Å². The van der Waals surface area contributed by atoms with Crippen LogP contribution in [-0.4, -0.2) is 43.5 Å². The molecule has 1 fully saturated rings. The minimum Gasteiger partial charge on any atom is -0.378 e. The highest BCUT2D eigenvalue weighted by Gasteiger charge is 2.28. The predicted octanol–water partition coefficient (Wildman–Crippen LogP) is 1.33. The number of aliphatic hydroxyl groups is 1. The molecule has 122 valence electrons. The van der Waals surface area contributed by atoms with E-state index in [9.17, 15) is 9.90 Å². The number of likely N-dealkylation sites (tertiary alicyclic amines) is 1. The number of carbonyl (C=O) groups is 1. The number of hydrogen-bond acceptors (Lipinski definition) is 4. The Labute approximate surface area is 135 Å². The SMILES string of the molecule is Cn1ccnc1CC1CCN(C(=O)C(O)c2cccnc2)CC1. The summed E-state index contributed by atoms with van der Waals surface area (Å²) in [4.78, 5) is 22.5. The number of nitrogens with zero attached hydrogens (tertiary/aromatic N) is 4. The van der Waals surface area contributed by atoms with Gasteiger partial charge in [0.1, 0.15) is 5.82 Å². The van der Waals surface area contributed by atoms with E-state index >= 15 is 0 Å². The van der Waals surface area contributed by atoms with Crippen molar-refractivity contribution < 1.29 is 9.90 Å². The molecule has 23 heavy (non-hydrogen) atoms. The molecule has 1 aliphatic heterocycles. The van der Waals surface area contributed by atoms with Gasteiger partial charge >= 0.3 is 0 Å². The molecule has 1 unspecified atom stereocenters. The van der Waals surface area contributed by atoms with Crippen molar-refractivity contribution in [2.75, 3.05) is 13.1 Å². The molecule has 6 heteroatoms. The topological polar surface area (TPSA) is 71.2 Å². The molecule has 1 aliphatic rings. The normalized spacial score (nSPS) is 17.2. The van der Waals surface area contributed by atoms with Gasteiger partial charge in [0.25, 0.3) is 5.91 Å². The van der Waals surface area contributed by atoms with Crippen LogP contribution >= 0.6 is 0 Å². The summed E-state index contributed by atoms with van der Waals surface area (Å²) in [7, 11) is 2.01. The Kier molecular flexibility index (Phi) is 4.71. The molecule has 0 radical (unpaired) electrons. The highest BCUT2D eigenvalue weighted by molar-refractivity contribution is 5.82. The van der Waals surface area contributed by atoms with Crippen molar-refractivity contribution >= 4 is 5.91 Å². The van der Waals surface area contributed by atoms with Crippen LogP contribution in [0.4, 0.5) is 0 Å². The number of amides is 1. The van der Waals surface area contributed by atoms with Gasteiger partial charge in [0, 0.05) is 56.9 Å². The van der Waals surface area contributed by atoms with Crippen LogP contribution in [0.5, 0.6) is 0 Å². The van der Waals surface area contributed by atoms with E-state index in [0.29, 0.717) is 24.6 Å². The molecule has 1 saturated heterocycles. The van der Waals surface area contributed by atoms with Crippen LogP contribution in [0, 0.1) is 5.92 Å². The largest absolute Gasteiger partial charge is 0.378 e. The van der Waals surface area contributed by atoms with Gasteiger partial charge in [-0.1, -0.05) is 6.07 Å². The van der Waals surface area contributed by atoms with E-state index in [1.165, 1.54) is 6.20 Å². The Morgan fingerprint density at radius 3 is 2.78 bits per heavy atom. The third-order valence-electron chi connectivity index (χ3n) is 4.55. The molecule has 0 spiro atoms. The Hall–Kier alpha value is -2.21. The summed E-state index contributed by atoms with van der Waals surface area (Å²) in [6.07, 6.45) is 8.65. The molecule has 2 aromatic heterocycles. The van der Waals surface area contributed by atoms with Gasteiger partial charge in [-0.2, -0.15) is 0 Å². The summed E-state index contributed by atoms with van der Waals surface area (Å²) in [5, 5.41) is 10.2. The first-order valence-corrected chi connectivity index (χ1v) is 7.98. The summed E-state index contributed by atoms with van der Waals surface area (Å²) < 4.78 is 2.05. The number of imidazole rings is 1. The molecule has 0 aliphatic carbocycles. The summed E-state index contributed by atoms with van der Waals surface area (Å²) in [5.41, 5.74) is 0.549. The Morgan fingerprint density at radius 1 is 1.39 bits per heavy atom. The molecule has 3 heterocycles. The second-order valence-corrected chi connectivity index (χ2v) is 6.12. The fourth-order valence-electron chi connectivity index (χ4n) is 3.06. The zero-order valence-corrected chi connectivity index (χ0v) is 13.3. The van der Waals surface area contributed by atoms with Crippen LogP contribution in [0.25, 0.3) is 0 Å². The van der Waals surface area contributed by atoms with Crippen LogP contribution < -0.4 is 0 Å². The minimum atomic E-state index is -1.12. The third-order valence-corrected chi connectivity index (χ3v) is 4.55. The number of piperidine rings is 1. The second-order valence-electron chi connectivity index (χ2n) is 6.12. The van der Waals surface area contributed by atoms with E-state index in [-0.39, 0.29) is 5.91 Å². The van der Waals surface area contributed by atoms with E-state index in [0.717, 1.165) is 25.1 Å². The molecule has 1 amide bonds. The average Bonchev–Trinajstić information content (AvgIpc) is 3.00. The van der Waals surface area contributed by atoms with Gasteiger partial charge in [0.15, 0.2) is 6.10 Å². The summed E-state index contributed by atoms with van der Waals surface area (Å²) in [6, 6.07) is 3.45. The molecule has 0 aromatic carbocycles. The number of aliphatic hydroxyl groups excluding tert-OH is 1. The van der Waals surface area contributed by atoms with Gasteiger partial charge in [-0.25, -0.2) is 4.98 Å². The number of carbonyl (C=O) groups excluding carboxylic acids is 1. The Morgan fingerprint density at radius 2 is 2.17 bits per heavy atom. The number of aromatic nitrogens is 3. The van der Waals surface area contributed by atoms with Crippen LogP contribution in [0.15, 0.2) is 36.9 Å². The lowest BCUT2D eigenvalue weighted by Crippen LogP contribution is -2.41. The first-order valence-electron chi connectivity index (χ1n) is 7.98. The molecule has 1 atom stereocenters. The summed E-state index contributed by atoms with van der Waals surface area (Å²) in [5.74, 6) is 1.40. The molecule has 1 N–H and O–H groups in total. The molecule has 2 aromatic rings. The van der Waals surface area contributed by atoms with Crippen LogP contribution in [0.2, 0.25) is 0 Å². The number of pyridine rings is 1. The average molecular weight is 314 g/mol. The lowest BCUT2D eigenvalue weighted by molar-refractivity contribution is -0.142. The van der Waals surface area contributed by atoms with Crippen LogP contribution in [-0.2, 0) is 18.3 Å². The first-order chi connectivity index (χ1) is 11.1. The first kappa shape index (κ1) is 15.7. The highest BCUT2D eigenvalue weighted by Crippen LogP contribution is 2.23. The molecule has 3 rings (SSSR count). The van der Waals surface area contributed by atoms with Gasteiger partial charge in [0.2, 0.25) is 0 Å². The monoisotopic (exact) mass is 314 g/mol. The van der Waals surface area contributed by atoms with Crippen molar-refractivity contribution in [2.45, 2.75) is 25.4 Å². The fourth-order valence-corrected chi connectivity index (χ4v) is 3.06. The fraction of sp³-hybridized carbons (Fsp3) is 0.471. The predicted molar refractivity (Wildman–Crippen MR) is 85.4 cm³/mol. The van der Waals surface area contributed by atoms with E-state index in [1.807, 2.05) is 24.0 Å². The van der Waals surface area contributed by atoms with Gasteiger partial charge < -0.3 is 14.6 Å². The van der Waals surface area contributed by atoms with E-state index < -0.39 is 6.10 Å². The summed E-state index contributed by atoms with van der Waals surface area (Å²) in [6.45, 7) is 1.37. The van der Waals surface area contributed by atoms with Gasteiger partial charge in [-0.15, -0.1) is 0 Å². The summed E-state index contributed by atoms with van der Waals surface area (Å²) >= 11 is 0. The number of rotatable bonds is 4. The van der Waals surface area contributed by atoms with Crippen LogP contribution in [0.3, 0.4) is 0 Å². The zero-order chi connectivity index (χ0) is 16.2. The quantitative estimate of drug-likeness (QED) is 0.924. The van der Waals surface area contributed by atoms with E-state index in [1.54, 1.807) is 23.2 Å². The van der Waals surface area contributed by atoms with Crippen molar-refractivity contribution in [3.8, 4) is 0 Å². The minimum absolute atomic E-state index is 0.228. The lowest BCUT2D eigenvalue weighted by atomic mass is 9.92. The van der Waals surface area contributed by atoms with Crippen molar-refractivity contribution in [1.29, 1.82) is 0 Å². The molecule has 6 nitrogen and oxygen atoms in total. The number of hydrogen-bond donors (Lipinski definition) is 1. The van der Waals surface area contributed by atoms with Gasteiger partial charge in [-0.05, 0) is 24.8 Å². The lowest BCUT2D eigenvalue weighted by Gasteiger charge is -2.33. The maximum Gasteiger partial charge on any atom is 0.256 e. The van der Waals surface area contributed by atoms with E-state index in [2.05, 4.69) is 9.97 Å². The van der Waals surface area contributed by atoms with Crippen LogP contribution in [0.1, 0.15) is 30.3 Å². The second kappa shape index (κ2) is 6.91. The smallest absolute Gasteiger partial charge is 0.256 e. The Bertz CT molecular complexity index is 648. The number of aryl methyl sites for hydroxylation is 1. The van der Waals surface area contributed by atoms with E-state index in [4.69, 9.17) is 0 Å². The maximum atomic E-state index is 12.4. The zero-order valence-electron chi connectivity index (χ0n) is 13.3. The third kappa shape index (κ3) is 3.59. The maximum absolute atomic E-state index is 12.4.